The number of hydrogen-bond donors (Lipinski definition) is 1. The van der Waals surface area contributed by atoms with Crippen LogP contribution in [0.4, 0.5) is 0 Å². The summed E-state index contributed by atoms with van der Waals surface area (Å²) < 4.78 is 6.97. The Morgan fingerprint density at radius 1 is 1.60 bits per heavy atom. The molecule has 0 bridgehead atoms. The maximum Gasteiger partial charge on any atom is 0.0534 e. The SMILES string of the molecule is CCn1cc(CNC(C)CCOC)cn1. The third-order valence-electron chi connectivity index (χ3n) is 2.42. The van der Waals surface area contributed by atoms with E-state index in [0.717, 1.165) is 26.1 Å². The van der Waals surface area contributed by atoms with Gasteiger partial charge in [-0.1, -0.05) is 0 Å². The standard InChI is InChI=1S/C11H21N3O/c1-4-14-9-11(8-13-14)7-12-10(2)5-6-15-3/h8-10,12H,4-7H2,1-3H3. The molecule has 1 atom stereocenters. The first kappa shape index (κ1) is 12.2. The van der Waals surface area contributed by atoms with Crippen molar-refractivity contribution in [2.45, 2.75) is 39.4 Å². The number of rotatable bonds is 7. The molecule has 1 aromatic heterocycles. The minimum absolute atomic E-state index is 0.481. The smallest absolute Gasteiger partial charge is 0.0534 e. The third-order valence-corrected chi connectivity index (χ3v) is 2.42. The second-order valence-corrected chi connectivity index (χ2v) is 3.77. The van der Waals surface area contributed by atoms with Crippen molar-refractivity contribution in [3.8, 4) is 0 Å². The highest BCUT2D eigenvalue weighted by atomic mass is 16.5. The van der Waals surface area contributed by atoms with Gasteiger partial charge in [0.1, 0.15) is 0 Å². The normalized spacial score (nSPS) is 13.0. The molecular formula is C11H21N3O. The van der Waals surface area contributed by atoms with Crippen molar-refractivity contribution in [1.82, 2.24) is 15.1 Å². The molecule has 0 aliphatic carbocycles. The molecule has 1 aromatic rings. The van der Waals surface area contributed by atoms with Gasteiger partial charge < -0.3 is 10.1 Å². The Bertz CT molecular complexity index is 273. The molecular weight excluding hydrogens is 190 g/mol. The van der Waals surface area contributed by atoms with Gasteiger partial charge >= 0.3 is 0 Å². The molecule has 0 aromatic carbocycles. The van der Waals surface area contributed by atoms with E-state index < -0.39 is 0 Å². The molecule has 0 aliphatic heterocycles. The zero-order chi connectivity index (χ0) is 11.1. The lowest BCUT2D eigenvalue weighted by molar-refractivity contribution is 0.184. The Morgan fingerprint density at radius 2 is 2.40 bits per heavy atom. The molecule has 86 valence electrons. The fourth-order valence-corrected chi connectivity index (χ4v) is 1.36. The molecule has 0 fully saturated rings. The largest absolute Gasteiger partial charge is 0.385 e. The van der Waals surface area contributed by atoms with Crippen LogP contribution in [0.3, 0.4) is 0 Å². The van der Waals surface area contributed by atoms with Crippen LogP contribution >= 0.6 is 0 Å². The van der Waals surface area contributed by atoms with Crippen LogP contribution in [-0.2, 0) is 17.8 Å². The minimum Gasteiger partial charge on any atom is -0.385 e. The predicted octanol–water partition coefficient (Wildman–Crippen LogP) is 1.42. The van der Waals surface area contributed by atoms with Crippen LogP contribution in [0.15, 0.2) is 12.4 Å². The zero-order valence-corrected chi connectivity index (χ0v) is 9.86. The topological polar surface area (TPSA) is 39.1 Å². The van der Waals surface area contributed by atoms with Gasteiger partial charge in [0.2, 0.25) is 0 Å². The van der Waals surface area contributed by atoms with Gasteiger partial charge in [0.15, 0.2) is 0 Å². The van der Waals surface area contributed by atoms with Crippen molar-refractivity contribution < 1.29 is 4.74 Å². The molecule has 1 rings (SSSR count). The van der Waals surface area contributed by atoms with Crippen LogP contribution in [0.1, 0.15) is 25.8 Å². The molecule has 0 radical (unpaired) electrons. The maximum atomic E-state index is 5.03. The highest BCUT2D eigenvalue weighted by Crippen LogP contribution is 1.99. The summed E-state index contributed by atoms with van der Waals surface area (Å²) in [5.74, 6) is 0. The number of nitrogens with zero attached hydrogens (tertiary/aromatic N) is 2. The summed E-state index contributed by atoms with van der Waals surface area (Å²) in [4.78, 5) is 0. The van der Waals surface area contributed by atoms with Crippen molar-refractivity contribution >= 4 is 0 Å². The summed E-state index contributed by atoms with van der Waals surface area (Å²) in [5, 5.41) is 7.66. The lowest BCUT2D eigenvalue weighted by atomic mass is 10.2. The van der Waals surface area contributed by atoms with E-state index in [1.165, 1.54) is 5.56 Å². The van der Waals surface area contributed by atoms with Crippen LogP contribution in [-0.4, -0.2) is 29.5 Å². The highest BCUT2D eigenvalue weighted by molar-refractivity contribution is 5.03. The summed E-state index contributed by atoms with van der Waals surface area (Å²) in [6.45, 7) is 6.88. The lowest BCUT2D eigenvalue weighted by Gasteiger charge is -2.11. The Balaban J connectivity index is 2.24. The van der Waals surface area contributed by atoms with Gasteiger partial charge in [-0.25, -0.2) is 0 Å². The first-order valence-electron chi connectivity index (χ1n) is 5.50. The second-order valence-electron chi connectivity index (χ2n) is 3.77. The molecule has 4 heteroatoms. The van der Waals surface area contributed by atoms with Gasteiger partial charge in [-0.05, 0) is 20.3 Å². The number of aryl methyl sites for hydroxylation is 1. The highest BCUT2D eigenvalue weighted by Gasteiger charge is 2.02. The maximum absolute atomic E-state index is 5.03. The van der Waals surface area contributed by atoms with Crippen LogP contribution in [0.2, 0.25) is 0 Å². The van der Waals surface area contributed by atoms with Gasteiger partial charge in [-0.15, -0.1) is 0 Å². The van der Waals surface area contributed by atoms with E-state index in [4.69, 9.17) is 4.74 Å². The Hall–Kier alpha value is -0.870. The van der Waals surface area contributed by atoms with E-state index in [1.807, 2.05) is 10.9 Å². The Morgan fingerprint density at radius 3 is 3.00 bits per heavy atom. The van der Waals surface area contributed by atoms with Crippen LogP contribution in [0.5, 0.6) is 0 Å². The summed E-state index contributed by atoms with van der Waals surface area (Å²) in [7, 11) is 1.73. The number of methoxy groups -OCH3 is 1. The van der Waals surface area contributed by atoms with E-state index >= 15 is 0 Å². The van der Waals surface area contributed by atoms with E-state index in [1.54, 1.807) is 7.11 Å². The average Bonchev–Trinajstić information content (AvgIpc) is 2.71. The molecule has 0 aliphatic rings. The summed E-state index contributed by atoms with van der Waals surface area (Å²) in [6, 6.07) is 0.481. The van der Waals surface area contributed by atoms with E-state index in [9.17, 15) is 0 Å². The third kappa shape index (κ3) is 4.44. The molecule has 0 spiro atoms. The minimum atomic E-state index is 0.481. The number of aromatic nitrogens is 2. The average molecular weight is 211 g/mol. The van der Waals surface area contributed by atoms with Crippen molar-refractivity contribution in [3.63, 3.8) is 0 Å². The lowest BCUT2D eigenvalue weighted by Crippen LogP contribution is -2.26. The van der Waals surface area contributed by atoms with E-state index in [0.29, 0.717) is 6.04 Å². The molecule has 1 heterocycles. The number of hydrogen-bond acceptors (Lipinski definition) is 3. The van der Waals surface area contributed by atoms with Crippen molar-refractivity contribution in [2.75, 3.05) is 13.7 Å². The molecule has 0 saturated heterocycles. The summed E-state index contributed by atoms with van der Waals surface area (Å²) in [6.07, 6.45) is 5.04. The quantitative estimate of drug-likeness (QED) is 0.741. The first-order valence-corrected chi connectivity index (χ1v) is 5.50. The van der Waals surface area contributed by atoms with Crippen molar-refractivity contribution in [2.24, 2.45) is 0 Å². The second kappa shape index (κ2) is 6.58. The zero-order valence-electron chi connectivity index (χ0n) is 9.86. The molecule has 0 saturated carbocycles. The molecule has 1 unspecified atom stereocenters. The van der Waals surface area contributed by atoms with E-state index in [-0.39, 0.29) is 0 Å². The van der Waals surface area contributed by atoms with Gasteiger partial charge in [0.05, 0.1) is 6.20 Å². The molecule has 4 nitrogen and oxygen atoms in total. The van der Waals surface area contributed by atoms with Crippen LogP contribution in [0.25, 0.3) is 0 Å². The molecule has 1 N–H and O–H groups in total. The van der Waals surface area contributed by atoms with Crippen LogP contribution < -0.4 is 5.32 Å². The summed E-state index contributed by atoms with van der Waals surface area (Å²) in [5.41, 5.74) is 1.24. The fourth-order valence-electron chi connectivity index (χ4n) is 1.36. The van der Waals surface area contributed by atoms with Crippen molar-refractivity contribution in [3.05, 3.63) is 18.0 Å². The van der Waals surface area contributed by atoms with Gasteiger partial charge in [0.25, 0.3) is 0 Å². The summed E-state index contributed by atoms with van der Waals surface area (Å²) >= 11 is 0. The molecule has 0 amide bonds. The Kier molecular flexibility index (Phi) is 5.36. The van der Waals surface area contributed by atoms with Gasteiger partial charge in [-0.2, -0.15) is 5.10 Å². The van der Waals surface area contributed by atoms with E-state index in [2.05, 4.69) is 30.5 Å². The Labute approximate surface area is 91.6 Å². The first-order chi connectivity index (χ1) is 7.26. The number of nitrogens with one attached hydrogen (secondary N) is 1. The molecule has 15 heavy (non-hydrogen) atoms. The van der Waals surface area contributed by atoms with Gasteiger partial charge in [0, 0.05) is 44.6 Å². The van der Waals surface area contributed by atoms with Gasteiger partial charge in [-0.3, -0.25) is 4.68 Å². The predicted molar refractivity (Wildman–Crippen MR) is 60.7 cm³/mol. The monoisotopic (exact) mass is 211 g/mol. The van der Waals surface area contributed by atoms with Crippen molar-refractivity contribution in [1.29, 1.82) is 0 Å². The number of ether oxygens (including phenoxy) is 1. The van der Waals surface area contributed by atoms with Crippen LogP contribution in [0, 0.1) is 0 Å². The fraction of sp³-hybridized carbons (Fsp3) is 0.727.